The number of aromatic amines is 1. The van der Waals surface area contributed by atoms with E-state index in [4.69, 9.17) is 0 Å². The second-order valence-electron chi connectivity index (χ2n) is 21.3. The predicted octanol–water partition coefficient (Wildman–Crippen LogP) is 17.1. The maximum Gasteiger partial charge on any atom is 0.413 e. The normalized spacial score (nSPS) is 11.4. The van der Waals surface area contributed by atoms with Crippen LogP contribution in [0.1, 0.15) is 141 Å². The predicted molar refractivity (Wildman–Crippen MR) is 287 cm³/mol. The molecule has 0 spiro atoms. The Morgan fingerprint density at radius 1 is 0.221 bits per heavy atom. The Bertz CT molecular complexity index is 3150. The number of aromatic nitrogens is 2. The minimum atomic E-state index is -5.96. The number of benzene rings is 6. The molecule has 1 aromatic heterocycles. The van der Waals surface area contributed by atoms with Gasteiger partial charge in [0.2, 0.25) is 0 Å². The van der Waals surface area contributed by atoms with E-state index < -0.39 is 229 Å². The molecular formula is C61H48Al2F30N2. The molecule has 2 nitrogen and oxygen atoms in total. The minimum Gasteiger partial charge on any atom is -0.348 e. The first-order valence-electron chi connectivity index (χ1n) is 28.8. The fraction of sp³-hybridized carbons (Fsp3) is 0.361. The Morgan fingerprint density at radius 3 is 0.568 bits per heavy atom. The third-order valence-corrected chi connectivity index (χ3v) is 21.6. The van der Waals surface area contributed by atoms with E-state index in [1.54, 1.807) is 0 Å². The molecule has 0 fully saturated rings. The van der Waals surface area contributed by atoms with Crippen LogP contribution in [0.4, 0.5) is 132 Å². The van der Waals surface area contributed by atoms with Gasteiger partial charge in [-0.15, -0.1) is 0 Å². The Balaban J connectivity index is 0.000000260. The molecule has 7 aromatic rings. The van der Waals surface area contributed by atoms with Crippen molar-refractivity contribution in [1.29, 1.82) is 0 Å². The molecule has 1 N–H and O–H groups in total. The van der Waals surface area contributed by atoms with E-state index in [9.17, 15) is 132 Å². The van der Waals surface area contributed by atoms with Crippen LogP contribution in [0.2, 0.25) is 0 Å². The highest BCUT2D eigenvalue weighted by atomic mass is 27.2. The summed E-state index contributed by atoms with van der Waals surface area (Å²) in [5, 5.41) is 0. The van der Waals surface area contributed by atoms with Crippen molar-refractivity contribution in [2.45, 2.75) is 142 Å². The van der Waals surface area contributed by atoms with Gasteiger partial charge in [0, 0.05) is 5.69 Å². The molecule has 0 unspecified atom stereocenters. The molecular weight excluding hydrogens is 1380 g/mol. The van der Waals surface area contributed by atoms with Gasteiger partial charge in [0.25, 0.3) is 0 Å². The summed E-state index contributed by atoms with van der Waals surface area (Å²) in [4.78, 5) is 7.99. The molecule has 0 aliphatic carbocycles. The minimum absolute atomic E-state index is 1.17. The quantitative estimate of drug-likeness (QED) is 0.0189. The number of imidazole rings is 1. The fourth-order valence-electron chi connectivity index (χ4n) is 10.1. The van der Waals surface area contributed by atoms with Crippen molar-refractivity contribution < 1.29 is 132 Å². The number of hydrogen-bond donors (Lipinski definition) is 1. The van der Waals surface area contributed by atoms with Crippen LogP contribution in [0.15, 0.2) is 6.33 Å². The van der Waals surface area contributed by atoms with Gasteiger partial charge in [-0.05, 0) is 52.2 Å². The van der Waals surface area contributed by atoms with Gasteiger partial charge in [0.05, 0.1) is 12.0 Å². The van der Waals surface area contributed by atoms with Crippen molar-refractivity contribution >= 4 is 54.8 Å². The smallest absolute Gasteiger partial charge is 0.348 e. The highest BCUT2D eigenvalue weighted by Gasteiger charge is 2.49. The molecule has 0 saturated heterocycles. The largest absolute Gasteiger partial charge is 0.413 e. The van der Waals surface area contributed by atoms with E-state index in [0.717, 1.165) is 0 Å². The molecule has 0 aliphatic heterocycles. The summed E-state index contributed by atoms with van der Waals surface area (Å²) in [6.45, 7) is 4.58. The lowest BCUT2D eigenvalue weighted by molar-refractivity contribution is 0.380. The van der Waals surface area contributed by atoms with Crippen LogP contribution in [-0.4, -0.2) is 38.3 Å². The summed E-state index contributed by atoms with van der Waals surface area (Å²) in [7, 11) is 0. The first-order valence-corrected chi connectivity index (χ1v) is 32.3. The standard InChI is InChI=1S/C25H48N2.6C6F5.2Al/c1-3-5-7-9-11-13-15-17-19-21-24-25(27-23-26-24)22-20-18-16-14-12-10-8-6-4-2;6*7-2-1-3(8)5(10)6(11)4(2)9;;/h23H,3-22H2,1-2H3,(H,26,27);;;;;;;;. The van der Waals surface area contributed by atoms with Crippen LogP contribution in [0.3, 0.4) is 0 Å². The molecule has 34 heteroatoms. The zero-order valence-electron chi connectivity index (χ0n) is 49.2. The second-order valence-corrected chi connectivity index (χ2v) is 26.4. The third-order valence-electron chi connectivity index (χ3n) is 15.0. The molecule has 0 saturated carbocycles. The van der Waals surface area contributed by atoms with E-state index in [2.05, 4.69) is 23.8 Å². The van der Waals surface area contributed by atoms with Crippen molar-refractivity contribution in [3.05, 3.63) is 192 Å². The number of nitrogens with zero attached hydrogens (tertiary/aromatic N) is 1. The summed E-state index contributed by atoms with van der Waals surface area (Å²) in [6.07, 6.45) is 29.5. The van der Waals surface area contributed by atoms with E-state index >= 15 is 0 Å². The van der Waals surface area contributed by atoms with Crippen LogP contribution in [0, 0.1) is 175 Å². The topological polar surface area (TPSA) is 28.7 Å². The number of aryl methyl sites for hydroxylation is 2. The number of unbranched alkanes of at least 4 members (excludes halogenated alkanes) is 16. The molecule has 95 heavy (non-hydrogen) atoms. The molecule has 0 radical (unpaired) electrons. The van der Waals surface area contributed by atoms with Crippen LogP contribution in [0.5, 0.6) is 0 Å². The fourth-order valence-corrected chi connectivity index (χ4v) is 16.4. The number of H-pyrrole nitrogens is 1. The Labute approximate surface area is 529 Å². The monoisotopic (exact) mass is 1430 g/mol. The summed E-state index contributed by atoms with van der Waals surface area (Å²) < 4.78 is 403. The summed E-state index contributed by atoms with van der Waals surface area (Å²) in [6, 6.07) is 0. The van der Waals surface area contributed by atoms with Gasteiger partial charge in [-0.1, -0.05) is 117 Å². The van der Waals surface area contributed by atoms with Gasteiger partial charge >= 0.3 is 28.3 Å². The Hall–Kier alpha value is -6.51. The Morgan fingerprint density at radius 2 is 0.379 bits per heavy atom. The van der Waals surface area contributed by atoms with Gasteiger partial charge in [0.15, 0.2) is 175 Å². The maximum atomic E-state index is 14.4. The van der Waals surface area contributed by atoms with Crippen molar-refractivity contribution in [2.24, 2.45) is 0 Å². The van der Waals surface area contributed by atoms with Gasteiger partial charge in [-0.2, -0.15) is 0 Å². The Kier molecular flexibility index (Phi) is 29.3. The lowest BCUT2D eigenvalue weighted by atomic mass is 10.0. The SMILES string of the molecule is CCCCCCCCCCCc1nc[nH]c1CCCCCCCCCCC.Fc1c(F)c(F)[c]([Al]([c]2c(F)c(F)c(F)c(F)c2F)[c]2c(F)c(F)c(F)c(F)c2F)c(F)c1F.Fc1c(F)c(F)[c]([Al]([c]2c(F)c(F)c(F)c(F)c2F)[c]2c(F)c(F)c(F)c(F)c2F)c(F)c1F. The lowest BCUT2D eigenvalue weighted by Gasteiger charge is -2.20. The summed E-state index contributed by atoms with van der Waals surface area (Å²) >= 11 is -11.9. The first kappa shape index (κ1) is 79.2. The maximum absolute atomic E-state index is 14.4. The van der Waals surface area contributed by atoms with Crippen LogP contribution >= 0.6 is 0 Å². The number of nitrogens with one attached hydrogen (secondary N) is 1. The number of rotatable bonds is 26. The van der Waals surface area contributed by atoms with Crippen LogP contribution < -0.4 is 26.6 Å². The second kappa shape index (κ2) is 35.1. The van der Waals surface area contributed by atoms with Crippen molar-refractivity contribution in [1.82, 2.24) is 9.97 Å². The van der Waals surface area contributed by atoms with Gasteiger partial charge in [-0.3, -0.25) is 0 Å². The molecule has 7 rings (SSSR count). The summed E-state index contributed by atoms with van der Waals surface area (Å²) in [5.41, 5.74) is 2.76. The van der Waals surface area contributed by atoms with Crippen LogP contribution in [0.25, 0.3) is 0 Å². The van der Waals surface area contributed by atoms with E-state index in [0.29, 0.717) is 0 Å². The molecule has 1 heterocycles. The average molecular weight is 1430 g/mol. The molecule has 0 aliphatic rings. The molecule has 0 bridgehead atoms. The van der Waals surface area contributed by atoms with Crippen LogP contribution in [-0.2, 0) is 12.8 Å². The average Bonchev–Trinajstić information content (AvgIpc) is 0.756. The molecule has 6 aromatic carbocycles. The molecule has 0 amide bonds. The van der Waals surface area contributed by atoms with E-state index in [-0.39, 0.29) is 0 Å². The highest BCUT2D eigenvalue weighted by Crippen LogP contribution is 2.28. The number of halogens is 30. The van der Waals surface area contributed by atoms with Gasteiger partial charge in [-0.25, -0.2) is 137 Å². The lowest BCUT2D eigenvalue weighted by Crippen LogP contribution is -2.60. The molecule has 518 valence electrons. The van der Waals surface area contributed by atoms with E-state index in [1.807, 2.05) is 6.33 Å². The summed E-state index contributed by atoms with van der Waals surface area (Å²) in [5.74, 6) is -89.2. The van der Waals surface area contributed by atoms with Gasteiger partial charge < -0.3 is 4.98 Å². The first-order chi connectivity index (χ1) is 44.7. The zero-order chi connectivity index (χ0) is 71.4. The number of hydrogen-bond acceptors (Lipinski definition) is 1. The highest BCUT2D eigenvalue weighted by molar-refractivity contribution is 6.96. The van der Waals surface area contributed by atoms with Crippen molar-refractivity contribution in [2.75, 3.05) is 0 Å². The third kappa shape index (κ3) is 17.1. The zero-order valence-corrected chi connectivity index (χ0v) is 51.5. The van der Waals surface area contributed by atoms with Crippen molar-refractivity contribution in [3.63, 3.8) is 0 Å². The van der Waals surface area contributed by atoms with Gasteiger partial charge in [0.1, 0.15) is 0 Å². The molecule has 0 atom stereocenters. The van der Waals surface area contributed by atoms with E-state index in [1.165, 1.54) is 140 Å². The van der Waals surface area contributed by atoms with Crippen molar-refractivity contribution in [3.8, 4) is 0 Å².